The van der Waals surface area contributed by atoms with E-state index in [-0.39, 0.29) is 11.9 Å². The second kappa shape index (κ2) is 7.68. The van der Waals surface area contributed by atoms with E-state index in [4.69, 9.17) is 17.0 Å². The van der Waals surface area contributed by atoms with E-state index in [0.29, 0.717) is 15.0 Å². The molecule has 3 nitrogen and oxygen atoms in total. The van der Waals surface area contributed by atoms with E-state index in [1.165, 1.54) is 18.0 Å². The quantitative estimate of drug-likeness (QED) is 0.414. The molecule has 1 atom stereocenters. The van der Waals surface area contributed by atoms with Crippen LogP contribution in [-0.4, -0.2) is 15.1 Å². The molecule has 2 aromatic rings. The summed E-state index contributed by atoms with van der Waals surface area (Å²) in [6.07, 6.45) is 3.24. The van der Waals surface area contributed by atoms with E-state index in [2.05, 4.69) is 6.58 Å². The van der Waals surface area contributed by atoms with Gasteiger partial charge in [0.15, 0.2) is 0 Å². The molecule has 1 heterocycles. The van der Waals surface area contributed by atoms with Crippen molar-refractivity contribution in [2.45, 2.75) is 13.0 Å². The molecule has 0 saturated carbocycles. The normalized spacial score (nSPS) is 17.0. The highest BCUT2D eigenvalue weighted by Crippen LogP contribution is 2.38. The molecule has 1 fully saturated rings. The molecule has 1 aliphatic heterocycles. The number of thioether (sulfide) groups is 1. The van der Waals surface area contributed by atoms with Gasteiger partial charge in [-0.25, -0.2) is 0 Å². The minimum atomic E-state index is -0.0945. The third-order valence-electron chi connectivity index (χ3n) is 3.89. The Morgan fingerprint density at radius 3 is 2.48 bits per heavy atom. The molecule has 1 unspecified atom stereocenters. The first-order chi connectivity index (χ1) is 12.1. The second-order valence-corrected chi connectivity index (χ2v) is 7.17. The number of hydrogen-bond acceptors (Lipinski definition) is 4. The van der Waals surface area contributed by atoms with Gasteiger partial charge in [-0.2, -0.15) is 0 Å². The summed E-state index contributed by atoms with van der Waals surface area (Å²) < 4.78 is 5.79. The highest BCUT2D eigenvalue weighted by Gasteiger charge is 2.35. The summed E-state index contributed by atoms with van der Waals surface area (Å²) in [6.45, 7) is 5.52. The number of nitrogens with zero attached hydrogens (tertiary/aromatic N) is 1. The Balaban J connectivity index is 1.82. The zero-order chi connectivity index (χ0) is 17.8. The van der Waals surface area contributed by atoms with Crippen molar-refractivity contribution in [3.8, 4) is 5.75 Å². The van der Waals surface area contributed by atoms with E-state index < -0.39 is 0 Å². The van der Waals surface area contributed by atoms with Crippen LogP contribution in [0.1, 0.15) is 24.1 Å². The lowest BCUT2D eigenvalue weighted by molar-refractivity contribution is -0.123. The molecule has 25 heavy (non-hydrogen) atoms. The molecule has 0 N–H and O–H groups in total. The number of benzene rings is 2. The van der Waals surface area contributed by atoms with Crippen LogP contribution in [0.25, 0.3) is 6.08 Å². The predicted molar refractivity (Wildman–Crippen MR) is 107 cm³/mol. The molecule has 0 spiro atoms. The molecule has 0 aliphatic carbocycles. The highest BCUT2D eigenvalue weighted by molar-refractivity contribution is 8.26. The monoisotopic (exact) mass is 367 g/mol. The summed E-state index contributed by atoms with van der Waals surface area (Å²) in [5.41, 5.74) is 1.98. The van der Waals surface area contributed by atoms with Crippen LogP contribution in [0.3, 0.4) is 0 Å². The van der Waals surface area contributed by atoms with E-state index in [1.54, 1.807) is 4.90 Å². The molecular weight excluding hydrogens is 350 g/mol. The Bertz CT molecular complexity index is 829. The van der Waals surface area contributed by atoms with Crippen molar-refractivity contribution in [1.82, 2.24) is 4.90 Å². The first kappa shape index (κ1) is 17.5. The molecule has 0 bridgehead atoms. The van der Waals surface area contributed by atoms with Gasteiger partial charge in [0, 0.05) is 0 Å². The Labute approximate surface area is 157 Å². The molecule has 2 aromatic carbocycles. The van der Waals surface area contributed by atoms with Crippen molar-refractivity contribution in [1.29, 1.82) is 0 Å². The molecule has 3 rings (SSSR count). The van der Waals surface area contributed by atoms with Crippen LogP contribution in [0.15, 0.2) is 72.3 Å². The minimum Gasteiger partial charge on any atom is -0.466 e. The summed E-state index contributed by atoms with van der Waals surface area (Å²) >= 11 is 6.77. The van der Waals surface area contributed by atoms with E-state index in [1.807, 2.05) is 67.6 Å². The largest absolute Gasteiger partial charge is 0.466 e. The number of ether oxygens (including phenoxy) is 1. The van der Waals surface area contributed by atoms with Crippen molar-refractivity contribution in [2.75, 3.05) is 0 Å². The number of thiocarbonyl (C=S) groups is 1. The maximum atomic E-state index is 12.8. The van der Waals surface area contributed by atoms with Crippen molar-refractivity contribution in [3.05, 3.63) is 83.5 Å². The first-order valence-corrected chi connectivity index (χ1v) is 9.02. The molecule has 5 heteroatoms. The van der Waals surface area contributed by atoms with Crippen LogP contribution >= 0.6 is 24.0 Å². The van der Waals surface area contributed by atoms with E-state index in [9.17, 15) is 4.79 Å². The number of carbonyl (C=O) groups is 1. The fraction of sp³-hybridized carbons (Fsp3) is 0.100. The van der Waals surface area contributed by atoms with Gasteiger partial charge in [-0.05, 0) is 36.3 Å². The summed E-state index contributed by atoms with van der Waals surface area (Å²) in [4.78, 5) is 15.1. The first-order valence-electron chi connectivity index (χ1n) is 7.80. The van der Waals surface area contributed by atoms with Gasteiger partial charge in [0.05, 0.1) is 17.2 Å². The Morgan fingerprint density at radius 2 is 1.84 bits per heavy atom. The maximum absolute atomic E-state index is 12.8. The highest BCUT2D eigenvalue weighted by atomic mass is 32.2. The fourth-order valence-electron chi connectivity index (χ4n) is 2.58. The van der Waals surface area contributed by atoms with Crippen LogP contribution in [-0.2, 0) is 4.79 Å². The maximum Gasteiger partial charge on any atom is 0.266 e. The van der Waals surface area contributed by atoms with Crippen molar-refractivity contribution >= 4 is 40.3 Å². The molecule has 1 amide bonds. The van der Waals surface area contributed by atoms with Crippen LogP contribution < -0.4 is 4.74 Å². The SMILES string of the molecule is C=COc1ccc(C=C2SC(=S)N(C(C)c3ccccc3)C2=O)cc1. The summed E-state index contributed by atoms with van der Waals surface area (Å²) in [5.74, 6) is 0.648. The average Bonchev–Trinajstić information content (AvgIpc) is 2.90. The molecular formula is C20H17NO2S2. The zero-order valence-electron chi connectivity index (χ0n) is 13.7. The van der Waals surface area contributed by atoms with Crippen LogP contribution in [0.5, 0.6) is 5.75 Å². The van der Waals surface area contributed by atoms with Gasteiger partial charge in [-0.15, -0.1) is 0 Å². The van der Waals surface area contributed by atoms with Gasteiger partial charge < -0.3 is 4.74 Å². The van der Waals surface area contributed by atoms with E-state index >= 15 is 0 Å². The lowest BCUT2D eigenvalue weighted by Crippen LogP contribution is -2.30. The van der Waals surface area contributed by atoms with Crippen molar-refractivity contribution in [2.24, 2.45) is 0 Å². The summed E-state index contributed by atoms with van der Waals surface area (Å²) in [7, 11) is 0. The number of carbonyl (C=O) groups excluding carboxylic acids is 1. The standard InChI is InChI=1S/C20H17NO2S2/c1-3-23-17-11-9-15(10-12-17)13-18-19(22)21(20(24)25-18)14(2)16-7-5-4-6-8-16/h3-14H,1H2,2H3. The van der Waals surface area contributed by atoms with Crippen LogP contribution in [0.4, 0.5) is 0 Å². The zero-order valence-corrected chi connectivity index (χ0v) is 15.3. The third kappa shape index (κ3) is 3.83. The topological polar surface area (TPSA) is 29.5 Å². The number of rotatable bonds is 5. The van der Waals surface area contributed by atoms with Gasteiger partial charge in [-0.3, -0.25) is 9.69 Å². The van der Waals surface area contributed by atoms with Crippen molar-refractivity contribution in [3.63, 3.8) is 0 Å². The van der Waals surface area contributed by atoms with Gasteiger partial charge in [-0.1, -0.05) is 73.0 Å². The molecule has 0 aromatic heterocycles. The molecule has 1 saturated heterocycles. The predicted octanol–water partition coefficient (Wildman–Crippen LogP) is 5.17. The number of hydrogen-bond donors (Lipinski definition) is 0. The molecule has 1 aliphatic rings. The molecule has 0 radical (unpaired) electrons. The van der Waals surface area contributed by atoms with Crippen molar-refractivity contribution < 1.29 is 9.53 Å². The third-order valence-corrected chi connectivity index (χ3v) is 5.22. The van der Waals surface area contributed by atoms with Crippen LogP contribution in [0, 0.1) is 0 Å². The average molecular weight is 367 g/mol. The smallest absolute Gasteiger partial charge is 0.266 e. The Hall–Kier alpha value is -2.37. The lowest BCUT2D eigenvalue weighted by atomic mass is 10.1. The van der Waals surface area contributed by atoms with Gasteiger partial charge >= 0.3 is 0 Å². The summed E-state index contributed by atoms with van der Waals surface area (Å²) in [6, 6.07) is 17.3. The molecule has 126 valence electrons. The lowest BCUT2D eigenvalue weighted by Gasteiger charge is -2.23. The minimum absolute atomic E-state index is 0.0576. The Morgan fingerprint density at radius 1 is 1.16 bits per heavy atom. The van der Waals surface area contributed by atoms with Gasteiger partial charge in [0.25, 0.3) is 5.91 Å². The second-order valence-electron chi connectivity index (χ2n) is 5.49. The fourth-order valence-corrected chi connectivity index (χ4v) is 4.00. The van der Waals surface area contributed by atoms with Crippen LogP contribution in [0.2, 0.25) is 0 Å². The summed E-state index contributed by atoms with van der Waals surface area (Å²) in [5, 5.41) is 0. The van der Waals surface area contributed by atoms with E-state index in [0.717, 1.165) is 11.1 Å². The van der Waals surface area contributed by atoms with Gasteiger partial charge in [0.2, 0.25) is 0 Å². The number of amides is 1. The Kier molecular flexibility index (Phi) is 5.36. The van der Waals surface area contributed by atoms with Gasteiger partial charge in [0.1, 0.15) is 10.1 Å².